The molecule has 3 aromatic rings. The first-order chi connectivity index (χ1) is 12.5. The molecule has 0 saturated carbocycles. The number of ether oxygens (including phenoxy) is 2. The molecule has 0 bridgehead atoms. The first kappa shape index (κ1) is 18.5. The second kappa shape index (κ2) is 7.51. The fourth-order valence-electron chi connectivity index (χ4n) is 2.67. The molecule has 8 heteroatoms. The number of nitrogens with two attached hydrogens (primary N) is 1. The van der Waals surface area contributed by atoms with Crippen LogP contribution in [-0.2, 0) is 4.79 Å². The first-order valence-corrected chi connectivity index (χ1v) is 9.58. The van der Waals surface area contributed by atoms with Crippen molar-refractivity contribution in [2.24, 2.45) is 5.73 Å². The van der Waals surface area contributed by atoms with E-state index in [1.807, 2.05) is 25.1 Å². The van der Waals surface area contributed by atoms with Gasteiger partial charge < -0.3 is 15.2 Å². The van der Waals surface area contributed by atoms with E-state index in [2.05, 4.69) is 9.97 Å². The lowest BCUT2D eigenvalue weighted by atomic mass is 10.0. The van der Waals surface area contributed by atoms with E-state index in [0.717, 1.165) is 31.2 Å². The van der Waals surface area contributed by atoms with Crippen LogP contribution in [0.5, 0.6) is 11.5 Å². The van der Waals surface area contributed by atoms with E-state index in [1.54, 1.807) is 32.5 Å². The van der Waals surface area contributed by atoms with Gasteiger partial charge in [-0.1, -0.05) is 17.8 Å². The van der Waals surface area contributed by atoms with Crippen molar-refractivity contribution in [1.29, 1.82) is 0 Å². The molecule has 0 aliphatic rings. The van der Waals surface area contributed by atoms with E-state index >= 15 is 0 Å². The molecule has 0 radical (unpaired) electrons. The third-order valence-electron chi connectivity index (χ3n) is 3.99. The maximum atomic E-state index is 11.5. The molecule has 0 aliphatic carbocycles. The predicted molar refractivity (Wildman–Crippen MR) is 105 cm³/mol. The molecule has 0 saturated heterocycles. The Morgan fingerprint density at radius 2 is 1.96 bits per heavy atom. The number of thioether (sulfide) groups is 1. The Morgan fingerprint density at radius 1 is 1.23 bits per heavy atom. The Bertz CT molecular complexity index is 972. The minimum Gasteiger partial charge on any atom is -0.493 e. The molecule has 136 valence electrons. The molecule has 0 spiro atoms. The van der Waals surface area contributed by atoms with Crippen LogP contribution in [0.25, 0.3) is 21.3 Å². The number of aryl methyl sites for hydroxylation is 1. The highest BCUT2D eigenvalue weighted by Gasteiger charge is 2.21. The van der Waals surface area contributed by atoms with E-state index in [0.29, 0.717) is 11.5 Å². The van der Waals surface area contributed by atoms with E-state index < -0.39 is 0 Å². The number of nitrogens with zero attached hydrogens (tertiary/aromatic N) is 2. The number of primary amides is 1. The van der Waals surface area contributed by atoms with Crippen LogP contribution < -0.4 is 15.2 Å². The second-order valence-corrected chi connectivity index (χ2v) is 8.16. The number of hydrogen-bond donors (Lipinski definition) is 1. The highest BCUT2D eigenvalue weighted by Crippen LogP contribution is 2.43. The van der Waals surface area contributed by atoms with Gasteiger partial charge in [-0.3, -0.25) is 4.79 Å². The van der Waals surface area contributed by atoms with Crippen LogP contribution in [0.15, 0.2) is 29.6 Å². The maximum absolute atomic E-state index is 11.5. The third kappa shape index (κ3) is 3.34. The highest BCUT2D eigenvalue weighted by atomic mass is 32.2. The molecule has 0 fully saturated rings. The molecule has 1 unspecified atom stereocenters. The lowest BCUT2D eigenvalue weighted by Crippen LogP contribution is -2.22. The Morgan fingerprint density at radius 3 is 2.62 bits per heavy atom. The van der Waals surface area contributed by atoms with Crippen molar-refractivity contribution >= 4 is 39.2 Å². The summed E-state index contributed by atoms with van der Waals surface area (Å²) in [6.45, 7) is 3.82. The molecule has 0 aliphatic heterocycles. The molecule has 6 nitrogen and oxygen atoms in total. The second-order valence-electron chi connectivity index (χ2n) is 5.62. The van der Waals surface area contributed by atoms with Gasteiger partial charge in [-0.2, -0.15) is 0 Å². The number of benzene rings is 1. The van der Waals surface area contributed by atoms with Crippen molar-refractivity contribution in [1.82, 2.24) is 9.97 Å². The summed E-state index contributed by atoms with van der Waals surface area (Å²) in [5.41, 5.74) is 7.44. The summed E-state index contributed by atoms with van der Waals surface area (Å²) in [4.78, 5) is 22.3. The normalized spacial score (nSPS) is 12.2. The zero-order valence-corrected chi connectivity index (χ0v) is 16.5. The zero-order chi connectivity index (χ0) is 18.8. The minimum atomic E-state index is -0.383. The van der Waals surface area contributed by atoms with Gasteiger partial charge in [0.15, 0.2) is 11.5 Å². The Hall–Kier alpha value is -2.32. The van der Waals surface area contributed by atoms with Crippen LogP contribution in [0.3, 0.4) is 0 Å². The number of rotatable bonds is 6. The summed E-state index contributed by atoms with van der Waals surface area (Å²) in [6, 6.07) is 5.79. The van der Waals surface area contributed by atoms with Crippen LogP contribution in [0, 0.1) is 6.92 Å². The minimum absolute atomic E-state index is 0.374. The standard InChI is InChI=1S/C18H19N3O3S2/c1-9-14(11-5-6-12(23-3)13(7-11)24-4)15-17(25-9)20-8-21-18(15)26-10(2)16(19)22/h5-8,10H,1-4H3,(H2,19,22). The summed E-state index contributed by atoms with van der Waals surface area (Å²) >= 11 is 2.94. The van der Waals surface area contributed by atoms with Gasteiger partial charge in [-0.25, -0.2) is 9.97 Å². The van der Waals surface area contributed by atoms with Crippen molar-refractivity contribution in [2.45, 2.75) is 24.1 Å². The average Bonchev–Trinajstić information content (AvgIpc) is 2.97. The number of carbonyl (C=O) groups excluding carboxylic acids is 1. The topological polar surface area (TPSA) is 87.3 Å². The smallest absolute Gasteiger partial charge is 0.230 e. The van der Waals surface area contributed by atoms with Gasteiger partial charge in [0.2, 0.25) is 5.91 Å². The fraction of sp³-hybridized carbons (Fsp3) is 0.278. The van der Waals surface area contributed by atoms with E-state index in [1.165, 1.54) is 18.1 Å². The van der Waals surface area contributed by atoms with Crippen LogP contribution in [0.1, 0.15) is 11.8 Å². The Kier molecular flexibility index (Phi) is 5.33. The molecule has 2 heterocycles. The van der Waals surface area contributed by atoms with Crippen LogP contribution >= 0.6 is 23.1 Å². The number of aromatic nitrogens is 2. The van der Waals surface area contributed by atoms with Gasteiger partial charge >= 0.3 is 0 Å². The summed E-state index contributed by atoms with van der Waals surface area (Å²) < 4.78 is 10.8. The van der Waals surface area contributed by atoms with Crippen molar-refractivity contribution in [3.63, 3.8) is 0 Å². The number of fused-ring (bicyclic) bond motifs is 1. The maximum Gasteiger partial charge on any atom is 0.230 e. The van der Waals surface area contributed by atoms with Crippen molar-refractivity contribution < 1.29 is 14.3 Å². The fourth-order valence-corrected chi connectivity index (χ4v) is 4.62. The first-order valence-electron chi connectivity index (χ1n) is 7.88. The van der Waals surface area contributed by atoms with Gasteiger partial charge in [0, 0.05) is 10.4 Å². The molecule has 26 heavy (non-hydrogen) atoms. The molecule has 1 aromatic carbocycles. The molecule has 2 N–H and O–H groups in total. The van der Waals surface area contributed by atoms with Crippen molar-refractivity contribution in [3.05, 3.63) is 29.4 Å². The number of carbonyl (C=O) groups is 1. The van der Waals surface area contributed by atoms with Gasteiger partial charge in [0.25, 0.3) is 0 Å². The monoisotopic (exact) mass is 389 g/mol. The zero-order valence-electron chi connectivity index (χ0n) is 14.9. The van der Waals surface area contributed by atoms with Gasteiger partial charge in [-0.15, -0.1) is 11.3 Å². The number of hydrogen-bond acceptors (Lipinski definition) is 7. The highest BCUT2D eigenvalue weighted by molar-refractivity contribution is 8.00. The van der Waals surface area contributed by atoms with Crippen molar-refractivity contribution in [2.75, 3.05) is 14.2 Å². The van der Waals surface area contributed by atoms with Gasteiger partial charge in [0.05, 0.1) is 24.9 Å². The summed E-state index contributed by atoms with van der Waals surface area (Å²) in [6.07, 6.45) is 1.52. The Labute approximate surface area is 159 Å². The summed E-state index contributed by atoms with van der Waals surface area (Å²) in [7, 11) is 3.22. The summed E-state index contributed by atoms with van der Waals surface area (Å²) in [5.74, 6) is 0.948. The molecule has 2 aromatic heterocycles. The van der Waals surface area contributed by atoms with Crippen LogP contribution in [0.4, 0.5) is 0 Å². The third-order valence-corrected chi connectivity index (χ3v) is 6.12. The number of amides is 1. The molecule has 1 amide bonds. The van der Waals surface area contributed by atoms with E-state index in [9.17, 15) is 4.79 Å². The van der Waals surface area contributed by atoms with Crippen LogP contribution in [0.2, 0.25) is 0 Å². The predicted octanol–water partition coefficient (Wildman–Crippen LogP) is 3.65. The van der Waals surface area contributed by atoms with Crippen LogP contribution in [-0.4, -0.2) is 35.3 Å². The molecular weight excluding hydrogens is 370 g/mol. The number of methoxy groups -OCH3 is 2. The van der Waals surface area contributed by atoms with Gasteiger partial charge in [0.1, 0.15) is 16.2 Å². The van der Waals surface area contributed by atoms with Crippen molar-refractivity contribution in [3.8, 4) is 22.6 Å². The van der Waals surface area contributed by atoms with E-state index in [-0.39, 0.29) is 11.2 Å². The quantitative estimate of drug-likeness (QED) is 0.511. The van der Waals surface area contributed by atoms with Gasteiger partial charge in [-0.05, 0) is 31.5 Å². The lowest BCUT2D eigenvalue weighted by molar-refractivity contribution is -0.117. The molecular formula is C18H19N3O3S2. The average molecular weight is 390 g/mol. The molecule has 3 rings (SSSR count). The SMILES string of the molecule is COc1ccc(-c2c(C)sc3ncnc(SC(C)C(N)=O)c23)cc1OC. The summed E-state index contributed by atoms with van der Waals surface area (Å²) in [5, 5.41) is 1.29. The molecule has 1 atom stereocenters. The van der Waals surface area contributed by atoms with E-state index in [4.69, 9.17) is 15.2 Å². The Balaban J connectivity index is 2.20. The largest absolute Gasteiger partial charge is 0.493 e. The lowest BCUT2D eigenvalue weighted by Gasteiger charge is -2.11. The number of thiophene rings is 1.